The van der Waals surface area contributed by atoms with Gasteiger partial charge in [-0.05, 0) is 55.2 Å². The van der Waals surface area contributed by atoms with Crippen LogP contribution in [0.5, 0.6) is 5.75 Å². The monoisotopic (exact) mass is 452 g/mol. The number of hydrogen-bond donors (Lipinski definition) is 5. The van der Waals surface area contributed by atoms with Crippen LogP contribution in [0.25, 0.3) is 0 Å². The van der Waals surface area contributed by atoms with Crippen LogP contribution in [0.3, 0.4) is 0 Å². The number of rotatable bonds is 7. The molecule has 4 atom stereocenters. The van der Waals surface area contributed by atoms with Gasteiger partial charge in [-0.2, -0.15) is 0 Å². The van der Waals surface area contributed by atoms with E-state index in [0.717, 1.165) is 16.9 Å². The lowest BCUT2D eigenvalue weighted by Crippen LogP contribution is -2.70. The predicted molar refractivity (Wildman–Crippen MR) is 115 cm³/mol. The van der Waals surface area contributed by atoms with Crippen molar-refractivity contribution in [2.24, 2.45) is 0 Å². The summed E-state index contributed by atoms with van der Waals surface area (Å²) in [5, 5.41) is 51.5. The average Bonchev–Trinajstić information content (AvgIpc) is 2.78. The van der Waals surface area contributed by atoms with E-state index < -0.39 is 42.7 Å². The number of aliphatic hydroxyl groups excluding tert-OH is 5. The Morgan fingerprint density at radius 3 is 2.23 bits per heavy atom. The van der Waals surface area contributed by atoms with Crippen LogP contribution in [0.4, 0.5) is 0 Å². The van der Waals surface area contributed by atoms with Crippen molar-refractivity contribution in [1.82, 2.24) is 0 Å². The average molecular weight is 453 g/mol. The Balaban J connectivity index is 1.95. The Bertz CT molecular complexity index is 884. The molecule has 8 heteroatoms. The fourth-order valence-corrected chi connectivity index (χ4v) is 4.18. The van der Waals surface area contributed by atoms with Crippen molar-refractivity contribution in [3.05, 3.63) is 64.2 Å². The van der Waals surface area contributed by atoms with Crippen LogP contribution in [0.2, 0.25) is 5.02 Å². The van der Waals surface area contributed by atoms with Gasteiger partial charge in [0.2, 0.25) is 0 Å². The molecule has 2 aromatic rings. The van der Waals surface area contributed by atoms with E-state index in [4.69, 9.17) is 21.1 Å². The lowest BCUT2D eigenvalue weighted by molar-refractivity contribution is -0.325. The molecule has 7 nitrogen and oxygen atoms in total. The highest BCUT2D eigenvalue weighted by molar-refractivity contribution is 6.31. The van der Waals surface area contributed by atoms with Crippen molar-refractivity contribution in [2.45, 2.75) is 49.8 Å². The van der Waals surface area contributed by atoms with Crippen molar-refractivity contribution in [2.75, 3.05) is 19.8 Å². The zero-order chi connectivity index (χ0) is 22.8. The molecule has 3 rings (SSSR count). The molecule has 0 aliphatic carbocycles. The summed E-state index contributed by atoms with van der Waals surface area (Å²) in [6.07, 6.45) is -4.31. The molecule has 1 aliphatic rings. The maximum Gasteiger partial charge on any atom is 0.144 e. The highest BCUT2D eigenvalue weighted by atomic mass is 35.5. The first-order valence-corrected chi connectivity index (χ1v) is 10.5. The maximum atomic E-state index is 10.7. The third-order valence-electron chi connectivity index (χ3n) is 5.95. The van der Waals surface area contributed by atoms with Gasteiger partial charge >= 0.3 is 0 Å². The van der Waals surface area contributed by atoms with Gasteiger partial charge in [0.15, 0.2) is 0 Å². The first kappa shape index (κ1) is 23.9. The Morgan fingerprint density at radius 2 is 1.65 bits per heavy atom. The second kappa shape index (κ2) is 9.42. The fourth-order valence-electron chi connectivity index (χ4n) is 3.99. The zero-order valence-electron chi connectivity index (χ0n) is 17.5. The van der Waals surface area contributed by atoms with Crippen LogP contribution in [-0.2, 0) is 16.8 Å². The summed E-state index contributed by atoms with van der Waals surface area (Å²) < 4.78 is 11.4. The molecule has 0 amide bonds. The molecule has 1 fully saturated rings. The van der Waals surface area contributed by atoms with Gasteiger partial charge in [0.1, 0.15) is 35.3 Å². The van der Waals surface area contributed by atoms with Crippen LogP contribution in [0.1, 0.15) is 30.5 Å². The molecule has 31 heavy (non-hydrogen) atoms. The van der Waals surface area contributed by atoms with Crippen LogP contribution in [0, 0.1) is 0 Å². The summed E-state index contributed by atoms with van der Waals surface area (Å²) in [5.41, 5.74) is -1.10. The van der Waals surface area contributed by atoms with Crippen LogP contribution < -0.4 is 4.74 Å². The summed E-state index contributed by atoms with van der Waals surface area (Å²) in [6, 6.07) is 12.7. The van der Waals surface area contributed by atoms with Gasteiger partial charge in [-0.1, -0.05) is 35.9 Å². The van der Waals surface area contributed by atoms with Crippen molar-refractivity contribution < 1.29 is 35.0 Å². The molecule has 0 saturated carbocycles. The molecular formula is C23H29ClO7. The van der Waals surface area contributed by atoms with E-state index in [0.29, 0.717) is 23.6 Å². The number of halogens is 1. The van der Waals surface area contributed by atoms with Gasteiger partial charge in [-0.3, -0.25) is 0 Å². The van der Waals surface area contributed by atoms with Gasteiger partial charge in [-0.15, -0.1) is 0 Å². The molecule has 1 saturated heterocycles. The Morgan fingerprint density at radius 1 is 1.00 bits per heavy atom. The summed E-state index contributed by atoms with van der Waals surface area (Å²) >= 11 is 6.41. The lowest BCUT2D eigenvalue weighted by Gasteiger charge is -2.52. The summed E-state index contributed by atoms with van der Waals surface area (Å²) in [7, 11) is 0. The minimum atomic E-state index is -1.83. The summed E-state index contributed by atoms with van der Waals surface area (Å²) in [5.74, 6) is 0.772. The number of aliphatic hydroxyl groups is 5. The Kier molecular flexibility index (Phi) is 7.28. The standard InChI is InChI=1S/C23H29ClO7/c1-3-30-17-7-4-14(5-8-17)10-15-11-16(6-9-18(15)24)22(2)20(28)19(27)21(29)23(12-25,13-26)31-22/h4-9,11,19-21,25-29H,3,10,12-13H2,1-2H3/t19-,20-,21+,22?/m1/s1. The predicted octanol–water partition coefficient (Wildman–Crippen LogP) is 1.38. The summed E-state index contributed by atoms with van der Waals surface area (Å²) in [6.45, 7) is 2.56. The highest BCUT2D eigenvalue weighted by Crippen LogP contribution is 2.43. The largest absolute Gasteiger partial charge is 0.494 e. The van der Waals surface area contributed by atoms with Crippen molar-refractivity contribution in [1.29, 1.82) is 0 Å². The molecule has 0 aromatic heterocycles. The smallest absolute Gasteiger partial charge is 0.144 e. The van der Waals surface area contributed by atoms with Gasteiger partial charge in [0.25, 0.3) is 0 Å². The molecule has 1 unspecified atom stereocenters. The second-order valence-corrected chi connectivity index (χ2v) is 8.44. The lowest BCUT2D eigenvalue weighted by atomic mass is 9.76. The first-order valence-electron chi connectivity index (χ1n) is 10.2. The first-order chi connectivity index (χ1) is 14.7. The third-order valence-corrected chi connectivity index (χ3v) is 6.32. The molecule has 2 aromatic carbocycles. The molecule has 170 valence electrons. The molecule has 0 bridgehead atoms. The van der Waals surface area contributed by atoms with E-state index in [1.165, 1.54) is 6.92 Å². The molecule has 0 radical (unpaired) electrons. The third kappa shape index (κ3) is 4.45. The van der Waals surface area contributed by atoms with Crippen molar-refractivity contribution >= 4 is 11.6 Å². The Labute approximate surface area is 186 Å². The zero-order valence-corrected chi connectivity index (χ0v) is 18.3. The van der Waals surface area contributed by atoms with Crippen LogP contribution >= 0.6 is 11.6 Å². The van der Waals surface area contributed by atoms with E-state index in [1.54, 1.807) is 18.2 Å². The van der Waals surface area contributed by atoms with Crippen LogP contribution in [-0.4, -0.2) is 69.3 Å². The van der Waals surface area contributed by atoms with E-state index in [-0.39, 0.29) is 0 Å². The SMILES string of the molecule is CCOc1ccc(Cc2cc(C3(C)OC(CO)(CO)[C@@H](O)[C@H](O)[C@H]3O)ccc2Cl)cc1. The van der Waals surface area contributed by atoms with E-state index >= 15 is 0 Å². The van der Waals surface area contributed by atoms with Crippen molar-refractivity contribution in [3.63, 3.8) is 0 Å². The van der Waals surface area contributed by atoms with E-state index in [2.05, 4.69) is 0 Å². The number of hydrogen-bond acceptors (Lipinski definition) is 7. The molecule has 1 aliphatic heterocycles. The topological polar surface area (TPSA) is 120 Å². The minimum Gasteiger partial charge on any atom is -0.494 e. The molecule has 5 N–H and O–H groups in total. The molecular weight excluding hydrogens is 424 g/mol. The van der Waals surface area contributed by atoms with Crippen LogP contribution in [0.15, 0.2) is 42.5 Å². The van der Waals surface area contributed by atoms with Gasteiger partial charge in [0, 0.05) is 5.02 Å². The minimum absolute atomic E-state index is 0.488. The summed E-state index contributed by atoms with van der Waals surface area (Å²) in [4.78, 5) is 0. The molecule has 0 spiro atoms. The Hall–Kier alpha value is -1.71. The van der Waals surface area contributed by atoms with Gasteiger partial charge < -0.3 is 35.0 Å². The quantitative estimate of drug-likeness (QED) is 0.430. The van der Waals surface area contributed by atoms with Crippen molar-refractivity contribution in [3.8, 4) is 5.75 Å². The molecule has 1 heterocycles. The van der Waals surface area contributed by atoms with Gasteiger partial charge in [0.05, 0.1) is 19.8 Å². The highest BCUT2D eigenvalue weighted by Gasteiger charge is 2.58. The second-order valence-electron chi connectivity index (χ2n) is 8.03. The van der Waals surface area contributed by atoms with Gasteiger partial charge in [-0.25, -0.2) is 0 Å². The maximum absolute atomic E-state index is 10.7. The normalized spacial score (nSPS) is 27.8. The number of benzene rings is 2. The fraction of sp³-hybridized carbons (Fsp3) is 0.478. The number of ether oxygens (including phenoxy) is 2. The van der Waals surface area contributed by atoms with E-state index in [1.807, 2.05) is 31.2 Å². The van der Waals surface area contributed by atoms with E-state index in [9.17, 15) is 25.5 Å².